The lowest BCUT2D eigenvalue weighted by Gasteiger charge is -2.34. The maximum atomic E-state index is 13.1. The van der Waals surface area contributed by atoms with E-state index in [0.29, 0.717) is 12.4 Å². The molecule has 1 aliphatic heterocycles. The molecule has 1 aliphatic rings. The van der Waals surface area contributed by atoms with Crippen LogP contribution >= 0.6 is 11.3 Å². The summed E-state index contributed by atoms with van der Waals surface area (Å²) in [5.41, 5.74) is 1.62. The number of likely N-dealkylation sites (tertiary alicyclic amines) is 1. The van der Waals surface area contributed by atoms with Crippen molar-refractivity contribution < 1.29 is 4.79 Å². The minimum atomic E-state index is -0.408. The number of nitrogens with one attached hydrogen (secondary N) is 1. The van der Waals surface area contributed by atoms with E-state index in [1.807, 2.05) is 36.6 Å². The Kier molecular flexibility index (Phi) is 4.85. The lowest BCUT2D eigenvalue weighted by molar-refractivity contribution is 0.0609. The van der Waals surface area contributed by atoms with Crippen LogP contribution in [0.4, 0.5) is 0 Å². The maximum Gasteiger partial charge on any atom is 0.264 e. The zero-order valence-electron chi connectivity index (χ0n) is 15.0. The fourth-order valence-electron chi connectivity index (χ4n) is 3.39. The molecule has 1 saturated heterocycles. The van der Waals surface area contributed by atoms with E-state index in [9.17, 15) is 9.59 Å². The van der Waals surface area contributed by atoms with E-state index >= 15 is 0 Å². The molecule has 0 bridgehead atoms. The summed E-state index contributed by atoms with van der Waals surface area (Å²) >= 11 is 1.54. The van der Waals surface area contributed by atoms with Gasteiger partial charge in [0.15, 0.2) is 0 Å². The number of carbonyl (C=O) groups is 1. The second kappa shape index (κ2) is 7.44. The molecular formula is C20H20N4O2S. The Morgan fingerprint density at radius 1 is 1.22 bits per heavy atom. The third-order valence-electron chi connectivity index (χ3n) is 4.85. The van der Waals surface area contributed by atoms with E-state index in [0.717, 1.165) is 35.4 Å². The molecule has 3 heterocycles. The Balaban J connectivity index is 1.63. The number of aromatic nitrogens is 3. The normalized spacial score (nSPS) is 17.1. The molecule has 138 valence electrons. The Bertz CT molecular complexity index is 996. The molecule has 1 atom stereocenters. The first-order chi connectivity index (χ1) is 13.1. The molecule has 0 unspecified atom stereocenters. The van der Waals surface area contributed by atoms with Crippen LogP contribution in [-0.2, 0) is 0 Å². The number of carbonyl (C=O) groups excluding carboxylic acids is 1. The summed E-state index contributed by atoms with van der Waals surface area (Å²) in [5, 5.41) is 2.83. The first kappa shape index (κ1) is 17.6. The predicted octanol–water partition coefficient (Wildman–Crippen LogP) is 3.57. The van der Waals surface area contributed by atoms with Crippen LogP contribution in [0.25, 0.3) is 11.4 Å². The first-order valence-electron chi connectivity index (χ1n) is 9.00. The minimum Gasteiger partial charge on any atom is -0.329 e. The van der Waals surface area contributed by atoms with Crippen molar-refractivity contribution in [1.29, 1.82) is 0 Å². The first-order valence-corrected chi connectivity index (χ1v) is 9.88. The van der Waals surface area contributed by atoms with Crippen molar-refractivity contribution in [1.82, 2.24) is 19.9 Å². The number of piperidine rings is 1. The van der Waals surface area contributed by atoms with Crippen LogP contribution in [0.15, 0.2) is 46.8 Å². The molecule has 0 aliphatic carbocycles. The second-order valence-electron chi connectivity index (χ2n) is 6.72. The number of benzene rings is 1. The Hall–Kier alpha value is -2.80. The van der Waals surface area contributed by atoms with Crippen LogP contribution in [0.2, 0.25) is 0 Å². The smallest absolute Gasteiger partial charge is 0.264 e. The molecule has 1 fully saturated rings. The second-order valence-corrected chi connectivity index (χ2v) is 7.65. The molecule has 0 saturated carbocycles. The van der Waals surface area contributed by atoms with Gasteiger partial charge in [0.2, 0.25) is 0 Å². The summed E-state index contributed by atoms with van der Waals surface area (Å²) in [6.45, 7) is 2.63. The molecule has 6 nitrogen and oxygen atoms in total. The molecule has 7 heteroatoms. The lowest BCUT2D eigenvalue weighted by Crippen LogP contribution is -2.40. The van der Waals surface area contributed by atoms with Gasteiger partial charge >= 0.3 is 0 Å². The average Bonchev–Trinajstić information content (AvgIpc) is 3.23. The molecule has 3 aromatic rings. The van der Waals surface area contributed by atoms with Crippen LogP contribution in [0, 0.1) is 6.92 Å². The van der Waals surface area contributed by atoms with Gasteiger partial charge in [-0.3, -0.25) is 9.59 Å². The van der Waals surface area contributed by atoms with Gasteiger partial charge in [-0.15, -0.1) is 11.3 Å². The number of aryl methyl sites for hydroxylation is 1. The maximum absolute atomic E-state index is 13.1. The average molecular weight is 380 g/mol. The van der Waals surface area contributed by atoms with Gasteiger partial charge in [-0.2, -0.15) is 0 Å². The summed E-state index contributed by atoms with van der Waals surface area (Å²) in [4.78, 5) is 38.9. The van der Waals surface area contributed by atoms with Crippen molar-refractivity contribution >= 4 is 17.2 Å². The molecule has 4 rings (SSSR count). The van der Waals surface area contributed by atoms with Crippen molar-refractivity contribution in [2.45, 2.75) is 32.2 Å². The third kappa shape index (κ3) is 3.55. The van der Waals surface area contributed by atoms with E-state index in [1.54, 1.807) is 22.4 Å². The lowest BCUT2D eigenvalue weighted by atomic mass is 10.0. The van der Waals surface area contributed by atoms with Gasteiger partial charge in [-0.1, -0.05) is 29.8 Å². The van der Waals surface area contributed by atoms with Gasteiger partial charge in [-0.05, 0) is 26.2 Å². The number of rotatable bonds is 3. The molecule has 27 heavy (non-hydrogen) atoms. The number of aromatic amines is 1. The Morgan fingerprint density at radius 2 is 2.04 bits per heavy atom. The highest BCUT2D eigenvalue weighted by Crippen LogP contribution is 2.32. The number of thiazole rings is 1. The van der Waals surface area contributed by atoms with Crippen LogP contribution < -0.4 is 5.56 Å². The van der Waals surface area contributed by atoms with E-state index in [4.69, 9.17) is 0 Å². The largest absolute Gasteiger partial charge is 0.329 e. The van der Waals surface area contributed by atoms with Crippen molar-refractivity contribution in [2.24, 2.45) is 0 Å². The monoisotopic (exact) mass is 380 g/mol. The quantitative estimate of drug-likeness (QED) is 0.753. The molecule has 0 radical (unpaired) electrons. The van der Waals surface area contributed by atoms with Crippen LogP contribution in [0.3, 0.4) is 0 Å². The summed E-state index contributed by atoms with van der Waals surface area (Å²) in [5.74, 6) is 0.186. The zero-order chi connectivity index (χ0) is 18.8. The minimum absolute atomic E-state index is 0.0672. The van der Waals surface area contributed by atoms with Crippen molar-refractivity contribution in [2.75, 3.05) is 6.54 Å². The van der Waals surface area contributed by atoms with Gasteiger partial charge in [0.25, 0.3) is 11.5 Å². The number of H-pyrrole nitrogens is 1. The molecule has 1 amide bonds. The van der Waals surface area contributed by atoms with Crippen molar-refractivity contribution in [3.05, 3.63) is 68.5 Å². The standard InChI is InChI=1S/C20H20N4O2S/c1-13-5-7-14(8-6-13)17-22-12-15(18(25)23-17)20(26)24-10-3-2-4-16(24)19-21-9-11-27-19/h5-9,11-12,16H,2-4,10H2,1H3,(H,22,23,25)/t16-/m0/s1. The summed E-state index contributed by atoms with van der Waals surface area (Å²) < 4.78 is 0. The van der Waals surface area contributed by atoms with Gasteiger partial charge in [0.1, 0.15) is 16.4 Å². The van der Waals surface area contributed by atoms with Crippen LogP contribution in [0.1, 0.15) is 46.2 Å². The topological polar surface area (TPSA) is 79.0 Å². The molecule has 2 aromatic heterocycles. The van der Waals surface area contributed by atoms with Gasteiger partial charge < -0.3 is 9.88 Å². The fourth-order valence-corrected chi connectivity index (χ4v) is 4.18. The van der Waals surface area contributed by atoms with Crippen molar-refractivity contribution in [3.8, 4) is 11.4 Å². The molecule has 1 aromatic carbocycles. The van der Waals surface area contributed by atoms with E-state index < -0.39 is 5.56 Å². The predicted molar refractivity (Wildman–Crippen MR) is 105 cm³/mol. The van der Waals surface area contributed by atoms with Crippen molar-refractivity contribution in [3.63, 3.8) is 0 Å². The molecule has 0 spiro atoms. The number of hydrogen-bond acceptors (Lipinski definition) is 5. The van der Waals surface area contributed by atoms with Crippen LogP contribution in [-0.4, -0.2) is 32.3 Å². The highest BCUT2D eigenvalue weighted by molar-refractivity contribution is 7.09. The van der Waals surface area contributed by atoms with E-state index in [1.165, 1.54) is 6.20 Å². The third-order valence-corrected chi connectivity index (χ3v) is 5.73. The Morgan fingerprint density at radius 3 is 2.74 bits per heavy atom. The number of hydrogen-bond donors (Lipinski definition) is 1. The number of amides is 1. The highest BCUT2D eigenvalue weighted by Gasteiger charge is 2.31. The van der Waals surface area contributed by atoms with E-state index in [2.05, 4.69) is 15.0 Å². The number of nitrogens with zero attached hydrogens (tertiary/aromatic N) is 3. The van der Waals surface area contributed by atoms with Crippen LogP contribution in [0.5, 0.6) is 0 Å². The van der Waals surface area contributed by atoms with Gasteiger partial charge in [0.05, 0.1) is 6.04 Å². The van der Waals surface area contributed by atoms with E-state index in [-0.39, 0.29) is 17.5 Å². The van der Waals surface area contributed by atoms with Gasteiger partial charge in [0, 0.05) is 29.9 Å². The van der Waals surface area contributed by atoms with Gasteiger partial charge in [-0.25, -0.2) is 9.97 Å². The Labute approximate surface area is 160 Å². The summed E-state index contributed by atoms with van der Waals surface area (Å²) in [7, 11) is 0. The SMILES string of the molecule is Cc1ccc(-c2ncc(C(=O)N3CCCC[C@H]3c3nccs3)c(=O)[nH]2)cc1. The summed E-state index contributed by atoms with van der Waals surface area (Å²) in [6.07, 6.45) is 5.99. The zero-order valence-corrected chi connectivity index (χ0v) is 15.8. The highest BCUT2D eigenvalue weighted by atomic mass is 32.1. The molecular weight excluding hydrogens is 360 g/mol. The summed E-state index contributed by atoms with van der Waals surface area (Å²) in [6, 6.07) is 7.65. The molecule has 1 N–H and O–H groups in total. The fraction of sp³-hybridized carbons (Fsp3) is 0.300.